The van der Waals surface area contributed by atoms with E-state index in [-0.39, 0.29) is 29.3 Å². The maximum Gasteiger partial charge on any atom is 0.267 e. The van der Waals surface area contributed by atoms with Gasteiger partial charge < -0.3 is 11.1 Å². The Morgan fingerprint density at radius 3 is 2.55 bits per heavy atom. The van der Waals surface area contributed by atoms with E-state index in [9.17, 15) is 9.59 Å². The van der Waals surface area contributed by atoms with Crippen molar-refractivity contribution < 1.29 is 4.79 Å². The summed E-state index contributed by atoms with van der Waals surface area (Å²) < 4.78 is 0. The van der Waals surface area contributed by atoms with Crippen molar-refractivity contribution in [2.75, 3.05) is 10.3 Å². The molecule has 0 aliphatic rings. The van der Waals surface area contributed by atoms with Crippen LogP contribution < -0.4 is 27.5 Å². The first kappa shape index (κ1) is 20.0. The zero-order valence-corrected chi connectivity index (χ0v) is 16.3. The van der Waals surface area contributed by atoms with Gasteiger partial charge in [0, 0.05) is 11.7 Å². The third-order valence-corrected chi connectivity index (χ3v) is 4.56. The average molecular weight is 397 g/mol. The molecule has 3 aromatic rings. The molecule has 11 heteroatoms. The number of carbonyl (C=O) groups is 1. The quantitative estimate of drug-likeness (QED) is 0.338. The van der Waals surface area contributed by atoms with Crippen LogP contribution in [0.15, 0.2) is 41.5 Å². The zero-order valence-electron chi connectivity index (χ0n) is 16.3. The first-order valence-electron chi connectivity index (χ1n) is 8.99. The summed E-state index contributed by atoms with van der Waals surface area (Å²) in [6.45, 7) is 5.89. The number of hydrazine groups is 1. The van der Waals surface area contributed by atoms with Gasteiger partial charge in [-0.1, -0.05) is 19.9 Å². The summed E-state index contributed by atoms with van der Waals surface area (Å²) in [6, 6.07) is 6.96. The predicted molar refractivity (Wildman–Crippen MR) is 109 cm³/mol. The number of aromatic amines is 1. The van der Waals surface area contributed by atoms with Crippen LogP contribution in [0.1, 0.15) is 31.1 Å². The van der Waals surface area contributed by atoms with Gasteiger partial charge in [0.15, 0.2) is 5.82 Å². The molecule has 1 atom stereocenters. The lowest BCUT2D eigenvalue weighted by Gasteiger charge is -2.28. The van der Waals surface area contributed by atoms with Gasteiger partial charge in [-0.05, 0) is 31.0 Å². The number of anilines is 3. The number of rotatable bonds is 7. The summed E-state index contributed by atoms with van der Waals surface area (Å²) in [5, 5.41) is 12.5. The van der Waals surface area contributed by atoms with Crippen LogP contribution in [0.4, 0.5) is 17.5 Å². The SMILES string of the molecule is CC(C)C(C)N(N)c1nc(Nc2cccc(-n3nccn3)c2)c(C(N)=O)c(=O)[nH]1. The average Bonchev–Trinajstić information content (AvgIpc) is 3.21. The second-order valence-corrected chi connectivity index (χ2v) is 6.86. The summed E-state index contributed by atoms with van der Waals surface area (Å²) in [4.78, 5) is 32.7. The minimum Gasteiger partial charge on any atom is -0.365 e. The van der Waals surface area contributed by atoms with Crippen molar-refractivity contribution in [2.24, 2.45) is 17.5 Å². The van der Waals surface area contributed by atoms with Crippen molar-refractivity contribution in [3.05, 3.63) is 52.6 Å². The van der Waals surface area contributed by atoms with Gasteiger partial charge in [0.25, 0.3) is 11.5 Å². The molecule has 0 radical (unpaired) electrons. The van der Waals surface area contributed by atoms with Crippen LogP contribution in [-0.4, -0.2) is 36.9 Å². The van der Waals surface area contributed by atoms with Crippen LogP contribution in [0.5, 0.6) is 0 Å². The number of carbonyl (C=O) groups excluding carboxylic acids is 1. The molecular formula is C18H23N9O2. The monoisotopic (exact) mass is 397 g/mol. The lowest BCUT2D eigenvalue weighted by Crippen LogP contribution is -2.44. The molecule has 2 heterocycles. The highest BCUT2D eigenvalue weighted by atomic mass is 16.2. The molecule has 1 unspecified atom stereocenters. The van der Waals surface area contributed by atoms with E-state index in [2.05, 4.69) is 25.5 Å². The van der Waals surface area contributed by atoms with E-state index in [1.165, 1.54) is 9.81 Å². The van der Waals surface area contributed by atoms with Gasteiger partial charge in [-0.3, -0.25) is 19.6 Å². The number of primary amides is 1. The lowest BCUT2D eigenvalue weighted by molar-refractivity contribution is 0.0999. The van der Waals surface area contributed by atoms with E-state index in [4.69, 9.17) is 11.6 Å². The van der Waals surface area contributed by atoms with E-state index in [0.29, 0.717) is 11.4 Å². The minimum atomic E-state index is -0.904. The maximum atomic E-state index is 12.5. The molecule has 0 bridgehead atoms. The van der Waals surface area contributed by atoms with Crippen LogP contribution in [0.25, 0.3) is 5.69 Å². The molecule has 0 aliphatic heterocycles. The van der Waals surface area contributed by atoms with Crippen LogP contribution in [0.2, 0.25) is 0 Å². The highest BCUT2D eigenvalue weighted by Crippen LogP contribution is 2.21. The van der Waals surface area contributed by atoms with Crippen molar-refractivity contribution in [1.29, 1.82) is 0 Å². The molecule has 0 saturated heterocycles. The summed E-state index contributed by atoms with van der Waals surface area (Å²) in [7, 11) is 0. The fourth-order valence-electron chi connectivity index (χ4n) is 2.61. The lowest BCUT2D eigenvalue weighted by atomic mass is 10.1. The largest absolute Gasteiger partial charge is 0.365 e. The number of nitrogens with zero attached hydrogens (tertiary/aromatic N) is 5. The molecule has 11 nitrogen and oxygen atoms in total. The van der Waals surface area contributed by atoms with E-state index >= 15 is 0 Å². The molecule has 0 fully saturated rings. The molecule has 3 rings (SSSR count). The minimum absolute atomic E-state index is 0.00762. The molecular weight excluding hydrogens is 374 g/mol. The first-order chi connectivity index (χ1) is 13.8. The number of nitrogens with one attached hydrogen (secondary N) is 2. The van der Waals surface area contributed by atoms with Crippen molar-refractivity contribution in [3.8, 4) is 5.69 Å². The van der Waals surface area contributed by atoms with E-state index < -0.39 is 11.5 Å². The van der Waals surface area contributed by atoms with Gasteiger partial charge in [-0.25, -0.2) is 5.84 Å². The fourth-order valence-corrected chi connectivity index (χ4v) is 2.61. The standard InChI is InChI=1S/C18H23N9O2/c1-10(2)11(3)26(20)18-24-16(14(15(19)28)17(29)25-18)23-12-5-4-6-13(9-12)27-21-7-8-22-27/h4-11H,20H2,1-3H3,(H2,19,28)(H2,23,24,25,29). The molecule has 152 valence electrons. The molecule has 0 aliphatic carbocycles. The Kier molecular flexibility index (Phi) is 5.59. The van der Waals surface area contributed by atoms with Crippen molar-refractivity contribution in [1.82, 2.24) is 25.0 Å². The Morgan fingerprint density at radius 1 is 1.24 bits per heavy atom. The van der Waals surface area contributed by atoms with E-state index in [1.807, 2.05) is 26.8 Å². The second-order valence-electron chi connectivity index (χ2n) is 6.86. The van der Waals surface area contributed by atoms with E-state index in [1.54, 1.807) is 30.6 Å². The molecule has 1 amide bonds. The van der Waals surface area contributed by atoms with Gasteiger partial charge in [0.05, 0.1) is 18.1 Å². The van der Waals surface area contributed by atoms with Gasteiger partial charge in [0.1, 0.15) is 5.56 Å². The first-order valence-corrected chi connectivity index (χ1v) is 8.99. The number of hydrogen-bond acceptors (Lipinski definition) is 8. The number of nitrogens with two attached hydrogens (primary N) is 2. The van der Waals surface area contributed by atoms with Gasteiger partial charge in [-0.2, -0.15) is 20.0 Å². The van der Waals surface area contributed by atoms with Gasteiger partial charge in [0.2, 0.25) is 5.95 Å². The number of hydrogen-bond donors (Lipinski definition) is 4. The normalized spacial score (nSPS) is 12.0. The maximum absolute atomic E-state index is 12.5. The molecule has 29 heavy (non-hydrogen) atoms. The number of aromatic nitrogens is 5. The topological polar surface area (TPSA) is 161 Å². The second kappa shape index (κ2) is 8.10. The highest BCUT2D eigenvalue weighted by molar-refractivity contribution is 5.98. The van der Waals surface area contributed by atoms with Crippen molar-refractivity contribution >= 4 is 23.4 Å². The van der Waals surface area contributed by atoms with Gasteiger partial charge >= 0.3 is 0 Å². The highest BCUT2D eigenvalue weighted by Gasteiger charge is 2.22. The van der Waals surface area contributed by atoms with Crippen molar-refractivity contribution in [3.63, 3.8) is 0 Å². The Balaban J connectivity index is 2.02. The molecule has 0 saturated carbocycles. The summed E-state index contributed by atoms with van der Waals surface area (Å²) in [5.41, 5.74) is 5.68. The molecule has 2 aromatic heterocycles. The van der Waals surface area contributed by atoms with Crippen molar-refractivity contribution in [2.45, 2.75) is 26.8 Å². The van der Waals surface area contributed by atoms with E-state index in [0.717, 1.165) is 0 Å². The Hall–Kier alpha value is -3.73. The smallest absolute Gasteiger partial charge is 0.267 e. The van der Waals surface area contributed by atoms with Crippen LogP contribution >= 0.6 is 0 Å². The number of H-pyrrole nitrogens is 1. The fraction of sp³-hybridized carbons (Fsp3) is 0.278. The molecule has 0 spiro atoms. The molecule has 6 N–H and O–H groups in total. The molecule has 1 aromatic carbocycles. The third kappa shape index (κ3) is 4.24. The van der Waals surface area contributed by atoms with Gasteiger partial charge in [-0.15, -0.1) is 0 Å². The number of benzene rings is 1. The Bertz CT molecular complexity index is 1060. The summed E-state index contributed by atoms with van der Waals surface area (Å²) in [6.07, 6.45) is 3.11. The van der Waals surface area contributed by atoms with Crippen LogP contribution in [0, 0.1) is 5.92 Å². The Morgan fingerprint density at radius 2 is 1.93 bits per heavy atom. The van der Waals surface area contributed by atoms with Crippen LogP contribution in [-0.2, 0) is 0 Å². The Labute approximate surface area is 166 Å². The number of amides is 1. The summed E-state index contributed by atoms with van der Waals surface area (Å²) >= 11 is 0. The zero-order chi connectivity index (χ0) is 21.1. The summed E-state index contributed by atoms with van der Waals surface area (Å²) in [5.74, 6) is 5.55. The van der Waals surface area contributed by atoms with Crippen LogP contribution in [0.3, 0.4) is 0 Å². The third-order valence-electron chi connectivity index (χ3n) is 4.56. The predicted octanol–water partition coefficient (Wildman–Crippen LogP) is 0.918.